The van der Waals surface area contributed by atoms with Crippen LogP contribution in [0.25, 0.3) is 70.6 Å². The molecule has 0 unspecified atom stereocenters. The van der Waals surface area contributed by atoms with Crippen LogP contribution in [0.15, 0.2) is 182 Å². The topological polar surface area (TPSA) is 8.17 Å². The normalized spacial score (nSPS) is 11.8. The van der Waals surface area contributed by atoms with Crippen LogP contribution in [0.2, 0.25) is 0 Å². The van der Waals surface area contributed by atoms with Gasteiger partial charge in [-0.3, -0.25) is 0 Å². The maximum Gasteiger partial charge on any atom is 0.0562 e. The lowest BCUT2D eigenvalue weighted by molar-refractivity contribution is 1.19. The number of hydrogen-bond donors (Lipinski definition) is 0. The lowest BCUT2D eigenvalue weighted by Gasteiger charge is -2.28. The first-order valence-corrected chi connectivity index (χ1v) is 16.5. The second kappa shape index (κ2) is 10.6. The molecule has 0 fully saturated rings. The van der Waals surface area contributed by atoms with Gasteiger partial charge in [-0.1, -0.05) is 140 Å². The van der Waals surface area contributed by atoms with E-state index in [1.165, 1.54) is 70.6 Å². The molecule has 0 spiro atoms. The lowest BCUT2D eigenvalue weighted by atomic mass is 9.93. The summed E-state index contributed by atoms with van der Waals surface area (Å²) in [6.07, 6.45) is 0. The Labute approximate surface area is 278 Å². The Morgan fingerprint density at radius 3 is 1.65 bits per heavy atom. The van der Waals surface area contributed by atoms with Gasteiger partial charge in [-0.15, -0.1) is 0 Å². The number of benzene rings is 9. The summed E-state index contributed by atoms with van der Waals surface area (Å²) >= 11 is 0. The Balaban J connectivity index is 1.32. The molecule has 0 bridgehead atoms. The van der Waals surface area contributed by atoms with Gasteiger partial charge < -0.3 is 9.47 Å². The predicted octanol–water partition coefficient (Wildman–Crippen LogP) is 12.9. The third kappa shape index (κ3) is 3.93. The van der Waals surface area contributed by atoms with E-state index in [9.17, 15) is 0 Å². The molecule has 1 heterocycles. The summed E-state index contributed by atoms with van der Waals surface area (Å²) in [7, 11) is 0. The molecule has 0 aliphatic carbocycles. The molecule has 10 rings (SSSR count). The van der Waals surface area contributed by atoms with Gasteiger partial charge in [-0.2, -0.15) is 0 Å². The number of aromatic nitrogens is 1. The highest BCUT2D eigenvalue weighted by molar-refractivity contribution is 6.28. The predicted molar refractivity (Wildman–Crippen MR) is 205 cm³/mol. The summed E-state index contributed by atoms with van der Waals surface area (Å²) in [5, 5.41) is 12.6. The molecule has 0 aliphatic rings. The van der Waals surface area contributed by atoms with Crippen LogP contribution < -0.4 is 4.90 Å². The molecule has 0 atom stereocenters. The molecular weight excluding hydrogens is 581 g/mol. The number of hydrogen-bond acceptors (Lipinski definition) is 1. The van der Waals surface area contributed by atoms with Crippen LogP contribution in [0.5, 0.6) is 0 Å². The summed E-state index contributed by atoms with van der Waals surface area (Å²) in [6, 6.07) is 66.3. The van der Waals surface area contributed by atoms with Gasteiger partial charge in [0.15, 0.2) is 0 Å². The third-order valence-corrected chi connectivity index (χ3v) is 9.92. The average molecular weight is 611 g/mol. The minimum atomic E-state index is 1.11. The molecule has 1 aromatic heterocycles. The first-order chi connectivity index (χ1) is 23.8. The van der Waals surface area contributed by atoms with Crippen LogP contribution in [0.4, 0.5) is 17.1 Å². The Morgan fingerprint density at radius 2 is 0.875 bits per heavy atom. The van der Waals surface area contributed by atoms with Gasteiger partial charge in [0.2, 0.25) is 0 Å². The number of rotatable bonds is 4. The summed E-state index contributed by atoms with van der Waals surface area (Å²) in [6.45, 7) is 0. The molecule has 2 nitrogen and oxygen atoms in total. The molecule has 0 saturated carbocycles. The minimum Gasteiger partial charge on any atom is -0.310 e. The van der Waals surface area contributed by atoms with Gasteiger partial charge in [0.1, 0.15) is 0 Å². The van der Waals surface area contributed by atoms with Crippen molar-refractivity contribution in [2.75, 3.05) is 4.90 Å². The van der Waals surface area contributed by atoms with Crippen LogP contribution in [-0.2, 0) is 0 Å². The van der Waals surface area contributed by atoms with E-state index in [-0.39, 0.29) is 0 Å². The number of fused-ring (bicyclic) bond motifs is 10. The van der Waals surface area contributed by atoms with Crippen LogP contribution in [0.3, 0.4) is 0 Å². The van der Waals surface area contributed by atoms with Crippen molar-refractivity contribution in [3.05, 3.63) is 182 Å². The smallest absolute Gasteiger partial charge is 0.0562 e. The van der Waals surface area contributed by atoms with Gasteiger partial charge in [0, 0.05) is 32.9 Å². The quantitative estimate of drug-likeness (QED) is 0.180. The van der Waals surface area contributed by atoms with Crippen molar-refractivity contribution in [2.45, 2.75) is 0 Å². The van der Waals surface area contributed by atoms with Crippen LogP contribution >= 0.6 is 0 Å². The van der Waals surface area contributed by atoms with Crippen LogP contribution in [-0.4, -0.2) is 4.57 Å². The fourth-order valence-corrected chi connectivity index (χ4v) is 7.89. The van der Waals surface area contributed by atoms with Gasteiger partial charge in [-0.05, 0) is 74.8 Å². The lowest BCUT2D eigenvalue weighted by Crippen LogP contribution is -2.10. The molecule has 0 saturated heterocycles. The van der Waals surface area contributed by atoms with E-state index >= 15 is 0 Å². The molecule has 48 heavy (non-hydrogen) atoms. The van der Waals surface area contributed by atoms with E-state index in [1.54, 1.807) is 0 Å². The summed E-state index contributed by atoms with van der Waals surface area (Å²) < 4.78 is 2.45. The molecule has 224 valence electrons. The highest BCUT2D eigenvalue weighted by Crippen LogP contribution is 2.46. The number of nitrogens with zero attached hydrogens (tertiary/aromatic N) is 2. The summed E-state index contributed by atoms with van der Waals surface area (Å²) in [5.41, 5.74) is 6.96. The first-order valence-electron chi connectivity index (χ1n) is 16.5. The monoisotopic (exact) mass is 610 g/mol. The van der Waals surface area contributed by atoms with E-state index in [1.807, 2.05) is 0 Å². The van der Waals surface area contributed by atoms with Crippen molar-refractivity contribution in [3.63, 3.8) is 0 Å². The molecule has 9 aromatic carbocycles. The Hall–Kier alpha value is -6.38. The van der Waals surface area contributed by atoms with Crippen molar-refractivity contribution >= 4 is 82.0 Å². The average Bonchev–Trinajstić information content (AvgIpc) is 3.49. The van der Waals surface area contributed by atoms with Crippen LogP contribution in [0, 0.1) is 0 Å². The van der Waals surface area contributed by atoms with Gasteiger partial charge >= 0.3 is 0 Å². The molecular formula is C46H30N2. The van der Waals surface area contributed by atoms with E-state index in [0.29, 0.717) is 0 Å². The van der Waals surface area contributed by atoms with Crippen molar-refractivity contribution in [3.8, 4) is 5.69 Å². The second-order valence-electron chi connectivity index (χ2n) is 12.5. The third-order valence-electron chi connectivity index (χ3n) is 9.92. The summed E-state index contributed by atoms with van der Waals surface area (Å²) in [4.78, 5) is 2.44. The van der Waals surface area contributed by atoms with E-state index in [2.05, 4.69) is 191 Å². The Morgan fingerprint density at radius 1 is 0.333 bits per heavy atom. The molecule has 10 aromatic rings. The molecule has 0 radical (unpaired) electrons. The van der Waals surface area contributed by atoms with Crippen molar-refractivity contribution < 1.29 is 0 Å². The van der Waals surface area contributed by atoms with Crippen molar-refractivity contribution in [1.29, 1.82) is 0 Å². The Kier molecular flexibility index (Phi) is 5.91. The highest BCUT2D eigenvalue weighted by Gasteiger charge is 2.21. The number of anilines is 3. The minimum absolute atomic E-state index is 1.11. The van der Waals surface area contributed by atoms with Gasteiger partial charge in [0.05, 0.1) is 22.4 Å². The molecule has 0 N–H and O–H groups in total. The zero-order valence-electron chi connectivity index (χ0n) is 26.2. The maximum atomic E-state index is 2.45. The maximum absolute atomic E-state index is 2.45. The van der Waals surface area contributed by atoms with E-state index in [0.717, 1.165) is 17.1 Å². The number of para-hydroxylation sites is 2. The first kappa shape index (κ1) is 26.8. The molecule has 0 amide bonds. The summed E-state index contributed by atoms with van der Waals surface area (Å²) in [5.74, 6) is 0. The van der Waals surface area contributed by atoms with E-state index < -0.39 is 0 Å². The van der Waals surface area contributed by atoms with Crippen molar-refractivity contribution in [1.82, 2.24) is 4.57 Å². The Bertz CT molecular complexity index is 2790. The SMILES string of the molecule is c1ccc(N(c2ccc3c4ccccc4n(-c4cccc5ccccc45)c3c2)c2cccc3c4ccccc4c4ccccc4c23)cc1. The van der Waals surface area contributed by atoms with Crippen LogP contribution in [0.1, 0.15) is 0 Å². The molecule has 2 heteroatoms. The van der Waals surface area contributed by atoms with Gasteiger partial charge in [-0.25, -0.2) is 0 Å². The standard InChI is InChI=1S/C46H30N2/c1-2-16-32(17-3-1)47(44-27-13-24-41-37-20-7-6-19-35(37)36-21-8-9-23-40(36)46(41)44)33-28-29-39-38-22-10-11-25-43(38)48(45(39)30-33)42-26-12-15-31-14-4-5-18-34(31)42/h1-30H. The fourth-order valence-electron chi connectivity index (χ4n) is 7.89. The zero-order valence-corrected chi connectivity index (χ0v) is 26.2. The van der Waals surface area contributed by atoms with Gasteiger partial charge in [0.25, 0.3) is 0 Å². The zero-order chi connectivity index (χ0) is 31.6. The van der Waals surface area contributed by atoms with Crippen molar-refractivity contribution in [2.24, 2.45) is 0 Å². The largest absolute Gasteiger partial charge is 0.310 e. The second-order valence-corrected chi connectivity index (χ2v) is 12.5. The molecule has 0 aliphatic heterocycles. The van der Waals surface area contributed by atoms with E-state index in [4.69, 9.17) is 0 Å². The highest BCUT2D eigenvalue weighted by atomic mass is 15.1. The fraction of sp³-hybridized carbons (Fsp3) is 0.